The van der Waals surface area contributed by atoms with E-state index in [0.717, 1.165) is 50.9 Å². The molecule has 2 saturated heterocycles. The van der Waals surface area contributed by atoms with Crippen LogP contribution in [0.4, 0.5) is 0 Å². The molecule has 0 atom stereocenters. The fourth-order valence-electron chi connectivity index (χ4n) is 4.79. The topological polar surface area (TPSA) is 70.2 Å². The van der Waals surface area contributed by atoms with Crippen LogP contribution in [0.2, 0.25) is 0 Å². The van der Waals surface area contributed by atoms with Gasteiger partial charge in [-0.1, -0.05) is 19.9 Å². The van der Waals surface area contributed by atoms with Gasteiger partial charge in [-0.2, -0.15) is 4.31 Å². The first-order valence-corrected chi connectivity index (χ1v) is 13.2. The number of benzene rings is 1. The smallest absolute Gasteiger partial charge is 0.254 e. The third-order valence-electron chi connectivity index (χ3n) is 6.86. The molecule has 1 aliphatic carbocycles. The summed E-state index contributed by atoms with van der Waals surface area (Å²) in [6.45, 7) is 8.73. The second-order valence-corrected chi connectivity index (χ2v) is 10.7. The van der Waals surface area contributed by atoms with Crippen LogP contribution >= 0.6 is 0 Å². The maximum atomic E-state index is 13.6. The average Bonchev–Trinajstić information content (AvgIpc) is 3.65. The molecule has 0 unspecified atom stereocenters. The van der Waals surface area contributed by atoms with Gasteiger partial charge in [0.25, 0.3) is 5.91 Å². The van der Waals surface area contributed by atoms with Crippen LogP contribution in [0.15, 0.2) is 23.1 Å². The number of amides is 1. The predicted octanol–water partition coefficient (Wildman–Crippen LogP) is 2.36. The predicted molar refractivity (Wildman–Crippen MR) is 120 cm³/mol. The van der Waals surface area contributed by atoms with Gasteiger partial charge in [0, 0.05) is 43.8 Å². The quantitative estimate of drug-likeness (QED) is 0.639. The molecule has 0 radical (unpaired) electrons. The van der Waals surface area contributed by atoms with E-state index in [1.807, 2.05) is 19.1 Å². The van der Waals surface area contributed by atoms with E-state index < -0.39 is 10.0 Å². The van der Waals surface area contributed by atoms with Crippen molar-refractivity contribution >= 4 is 15.9 Å². The van der Waals surface area contributed by atoms with Gasteiger partial charge in [-0.3, -0.25) is 4.79 Å². The summed E-state index contributed by atoms with van der Waals surface area (Å²) < 4.78 is 33.5. The highest BCUT2D eigenvalue weighted by Gasteiger charge is 2.39. The average molecular weight is 450 g/mol. The van der Waals surface area contributed by atoms with E-state index in [1.165, 1.54) is 4.31 Å². The van der Waals surface area contributed by atoms with Crippen molar-refractivity contribution < 1.29 is 17.9 Å². The van der Waals surface area contributed by atoms with Crippen LogP contribution in [-0.4, -0.2) is 86.5 Å². The molecular formula is C23H35N3O4S. The summed E-state index contributed by atoms with van der Waals surface area (Å²) in [6, 6.07) is 5.81. The van der Waals surface area contributed by atoms with Gasteiger partial charge in [0.15, 0.2) is 0 Å². The van der Waals surface area contributed by atoms with E-state index >= 15 is 0 Å². The molecular weight excluding hydrogens is 414 g/mol. The number of likely N-dealkylation sites (tertiary alicyclic amines) is 1. The highest BCUT2D eigenvalue weighted by Crippen LogP contribution is 2.34. The number of hydrogen-bond donors (Lipinski definition) is 0. The molecule has 3 aliphatic rings. The third kappa shape index (κ3) is 4.82. The molecule has 2 heterocycles. The summed E-state index contributed by atoms with van der Waals surface area (Å²) in [6.07, 6.45) is 4.68. The number of piperidine rings is 1. The number of rotatable bonds is 7. The Bertz CT molecular complexity index is 886. The molecule has 4 rings (SSSR count). The Labute approximate surface area is 186 Å². The SMILES string of the molecule is CCc1ccc(C(=O)N(C2CC2)C2CCN(CC)CC2)cc1S(=O)(=O)N1CCOCC1. The summed E-state index contributed by atoms with van der Waals surface area (Å²) in [5, 5.41) is 0. The Balaban J connectivity index is 1.61. The molecule has 7 nitrogen and oxygen atoms in total. The molecule has 1 amide bonds. The monoisotopic (exact) mass is 449 g/mol. The van der Waals surface area contributed by atoms with Crippen LogP contribution in [-0.2, 0) is 21.2 Å². The van der Waals surface area contributed by atoms with Crippen LogP contribution < -0.4 is 0 Å². The summed E-state index contributed by atoms with van der Waals surface area (Å²) in [5.74, 6) is -0.0153. The molecule has 0 aromatic heterocycles. The van der Waals surface area contributed by atoms with E-state index in [1.54, 1.807) is 6.07 Å². The van der Waals surface area contributed by atoms with E-state index in [9.17, 15) is 13.2 Å². The van der Waals surface area contributed by atoms with E-state index in [-0.39, 0.29) is 16.8 Å². The summed E-state index contributed by atoms with van der Waals surface area (Å²) in [4.78, 5) is 18.4. The zero-order valence-electron chi connectivity index (χ0n) is 18.8. The van der Waals surface area contributed by atoms with Gasteiger partial charge in [-0.05, 0) is 56.3 Å². The van der Waals surface area contributed by atoms with Crippen LogP contribution in [0, 0.1) is 0 Å². The zero-order chi connectivity index (χ0) is 22.0. The fraction of sp³-hybridized carbons (Fsp3) is 0.696. The first-order valence-electron chi connectivity index (χ1n) is 11.7. The van der Waals surface area contributed by atoms with Crippen LogP contribution in [0.25, 0.3) is 0 Å². The third-order valence-corrected chi connectivity index (χ3v) is 8.84. The van der Waals surface area contributed by atoms with Crippen LogP contribution in [0.1, 0.15) is 55.5 Å². The zero-order valence-corrected chi connectivity index (χ0v) is 19.6. The van der Waals surface area contributed by atoms with Crippen molar-refractivity contribution in [3.05, 3.63) is 29.3 Å². The largest absolute Gasteiger partial charge is 0.379 e. The maximum Gasteiger partial charge on any atom is 0.254 e. The minimum atomic E-state index is -3.65. The van der Waals surface area contributed by atoms with Crippen molar-refractivity contribution in [2.24, 2.45) is 0 Å². The lowest BCUT2D eigenvalue weighted by molar-refractivity contribution is 0.0554. The Morgan fingerprint density at radius 1 is 1.03 bits per heavy atom. The lowest BCUT2D eigenvalue weighted by atomic mass is 10.0. The van der Waals surface area contributed by atoms with Crippen molar-refractivity contribution in [2.45, 2.75) is 62.9 Å². The maximum absolute atomic E-state index is 13.6. The normalized spacial score (nSPS) is 21.9. The molecule has 3 fully saturated rings. The number of nitrogens with zero attached hydrogens (tertiary/aromatic N) is 3. The van der Waals surface area contributed by atoms with Crippen molar-refractivity contribution in [3.8, 4) is 0 Å². The van der Waals surface area contributed by atoms with Gasteiger partial charge >= 0.3 is 0 Å². The summed E-state index contributed by atoms with van der Waals surface area (Å²) in [5.41, 5.74) is 1.26. The Hall–Kier alpha value is -1.48. The minimum Gasteiger partial charge on any atom is -0.379 e. The Morgan fingerprint density at radius 2 is 1.68 bits per heavy atom. The first kappa shape index (κ1) is 22.7. The summed E-state index contributed by atoms with van der Waals surface area (Å²) >= 11 is 0. The van der Waals surface area contributed by atoms with Gasteiger partial charge in [-0.25, -0.2) is 8.42 Å². The lowest BCUT2D eigenvalue weighted by Crippen LogP contribution is -2.48. The van der Waals surface area contributed by atoms with Crippen molar-refractivity contribution in [1.82, 2.24) is 14.1 Å². The molecule has 31 heavy (non-hydrogen) atoms. The van der Waals surface area contributed by atoms with Gasteiger partial charge in [-0.15, -0.1) is 0 Å². The number of carbonyl (C=O) groups is 1. The molecule has 2 aliphatic heterocycles. The second-order valence-electron chi connectivity index (χ2n) is 8.80. The Morgan fingerprint density at radius 3 is 2.26 bits per heavy atom. The van der Waals surface area contributed by atoms with Gasteiger partial charge < -0.3 is 14.5 Å². The Kier molecular flexibility index (Phi) is 7.01. The second kappa shape index (κ2) is 9.57. The van der Waals surface area contributed by atoms with Crippen molar-refractivity contribution in [2.75, 3.05) is 45.9 Å². The van der Waals surface area contributed by atoms with E-state index in [0.29, 0.717) is 44.3 Å². The van der Waals surface area contributed by atoms with Gasteiger partial charge in [0.05, 0.1) is 18.1 Å². The highest BCUT2D eigenvalue weighted by atomic mass is 32.2. The molecule has 8 heteroatoms. The molecule has 0 N–H and O–H groups in total. The highest BCUT2D eigenvalue weighted by molar-refractivity contribution is 7.89. The standard InChI is InChI=1S/C23H35N3O4S/c1-3-18-5-6-19(17-22(18)31(28,29)25-13-15-30-16-14-25)23(27)26(20-7-8-20)21-9-11-24(4-2)12-10-21/h5-6,17,20-21H,3-4,7-16H2,1-2H3. The fourth-order valence-corrected chi connectivity index (χ4v) is 6.52. The molecule has 1 aromatic carbocycles. The summed E-state index contributed by atoms with van der Waals surface area (Å²) in [7, 11) is -3.65. The number of carbonyl (C=O) groups excluding carboxylic acids is 1. The number of hydrogen-bond acceptors (Lipinski definition) is 5. The number of aryl methyl sites for hydroxylation is 1. The number of sulfonamides is 1. The van der Waals surface area contributed by atoms with Crippen LogP contribution in [0.3, 0.4) is 0 Å². The van der Waals surface area contributed by atoms with Gasteiger partial charge in [0.1, 0.15) is 0 Å². The minimum absolute atomic E-state index is 0.0153. The number of ether oxygens (including phenoxy) is 1. The number of morpholine rings is 1. The van der Waals surface area contributed by atoms with E-state index in [2.05, 4.69) is 16.7 Å². The van der Waals surface area contributed by atoms with Crippen molar-refractivity contribution in [1.29, 1.82) is 0 Å². The lowest BCUT2D eigenvalue weighted by Gasteiger charge is -2.38. The molecule has 172 valence electrons. The van der Waals surface area contributed by atoms with Gasteiger partial charge in [0.2, 0.25) is 10.0 Å². The molecule has 0 spiro atoms. The molecule has 0 bridgehead atoms. The molecule has 1 saturated carbocycles. The first-order chi connectivity index (χ1) is 15.0. The van der Waals surface area contributed by atoms with E-state index in [4.69, 9.17) is 4.74 Å². The van der Waals surface area contributed by atoms with Crippen molar-refractivity contribution in [3.63, 3.8) is 0 Å². The van der Waals surface area contributed by atoms with Crippen LogP contribution in [0.5, 0.6) is 0 Å². The molecule has 1 aromatic rings.